The van der Waals surface area contributed by atoms with E-state index in [0.717, 1.165) is 70.9 Å². The molecule has 0 radical (unpaired) electrons. The van der Waals surface area contributed by atoms with Gasteiger partial charge >= 0.3 is 17.9 Å². The molecule has 44 heavy (non-hydrogen) atoms. The van der Waals surface area contributed by atoms with E-state index in [2.05, 4.69) is 25.7 Å². The van der Waals surface area contributed by atoms with Crippen LogP contribution >= 0.6 is 0 Å². The molecular weight excluding hydrogens is 554 g/mol. The Bertz CT molecular complexity index is 639. The molecule has 0 unspecified atom stereocenters. The van der Waals surface area contributed by atoms with Crippen LogP contribution in [0.1, 0.15) is 175 Å². The lowest BCUT2D eigenvalue weighted by Crippen LogP contribution is -2.44. The lowest BCUT2D eigenvalue weighted by molar-refractivity contribution is -0.162. The van der Waals surface area contributed by atoms with Crippen molar-refractivity contribution in [1.29, 1.82) is 0 Å². The number of unbranched alkanes of at least 4 members (excludes halogenated alkanes) is 18. The second-order valence-electron chi connectivity index (χ2n) is 13.4. The Morgan fingerprint density at radius 2 is 0.727 bits per heavy atom. The molecule has 0 spiro atoms. The molecule has 0 N–H and O–H groups in total. The topological polar surface area (TPSA) is 81.9 Å². The molecule has 1 heterocycles. The molecule has 0 aliphatic carbocycles. The summed E-state index contributed by atoms with van der Waals surface area (Å²) in [5.41, 5.74) is -0.752. The average Bonchev–Trinajstić information content (AvgIpc) is 3.84. The van der Waals surface area contributed by atoms with Crippen molar-refractivity contribution >= 4 is 17.9 Å². The van der Waals surface area contributed by atoms with Crippen molar-refractivity contribution in [1.82, 2.24) is 4.90 Å². The summed E-state index contributed by atoms with van der Waals surface area (Å²) < 4.78 is 17.4. The monoisotopic (exact) mass is 624 g/mol. The zero-order valence-corrected chi connectivity index (χ0v) is 29.1. The molecule has 258 valence electrons. The van der Waals surface area contributed by atoms with E-state index in [1.807, 2.05) is 0 Å². The fourth-order valence-electron chi connectivity index (χ4n) is 5.56. The summed E-state index contributed by atoms with van der Waals surface area (Å²) >= 11 is 0. The molecule has 1 saturated heterocycles. The predicted molar refractivity (Wildman–Crippen MR) is 180 cm³/mol. The van der Waals surface area contributed by atoms with Crippen molar-refractivity contribution in [2.75, 3.05) is 39.5 Å². The van der Waals surface area contributed by atoms with Gasteiger partial charge in [-0.05, 0) is 19.3 Å². The Hall–Kier alpha value is -1.63. The summed E-state index contributed by atoms with van der Waals surface area (Å²) in [6.07, 6.45) is 25.1. The standard InChI is InChI=1S/C37H69NO6/c1-4-7-10-13-16-19-22-25-34(39)42-31-37(30-38-28-29-38,32-43-35(40)26-23-20-17-14-11-8-5-2)33-44-36(41)27-24-21-18-15-12-9-6-3/h4-33H2,1-3H3. The first-order chi connectivity index (χ1) is 21.4. The third-order valence-electron chi connectivity index (χ3n) is 8.67. The quantitative estimate of drug-likeness (QED) is 0.0320. The molecule has 0 atom stereocenters. The van der Waals surface area contributed by atoms with Gasteiger partial charge in [-0.25, -0.2) is 0 Å². The number of nitrogens with zero attached hydrogens (tertiary/aromatic N) is 1. The minimum Gasteiger partial charge on any atom is -0.465 e. The first-order valence-electron chi connectivity index (χ1n) is 18.6. The fraction of sp³-hybridized carbons (Fsp3) is 0.919. The molecule has 0 aromatic rings. The van der Waals surface area contributed by atoms with Crippen LogP contribution in [0.3, 0.4) is 0 Å². The Kier molecular flexibility index (Phi) is 25.4. The van der Waals surface area contributed by atoms with Crippen LogP contribution in [0.2, 0.25) is 0 Å². The fourth-order valence-corrected chi connectivity index (χ4v) is 5.56. The molecule has 7 heteroatoms. The van der Waals surface area contributed by atoms with E-state index in [0.29, 0.717) is 25.8 Å². The minimum atomic E-state index is -0.752. The molecule has 1 rings (SSSR count). The molecule has 1 aliphatic heterocycles. The first-order valence-corrected chi connectivity index (χ1v) is 18.6. The van der Waals surface area contributed by atoms with Gasteiger partial charge in [0.1, 0.15) is 19.8 Å². The highest BCUT2D eigenvalue weighted by molar-refractivity contribution is 5.70. The molecule has 0 amide bonds. The van der Waals surface area contributed by atoms with Gasteiger partial charge in [0.05, 0.1) is 5.41 Å². The number of ether oxygens (including phenoxy) is 3. The summed E-state index contributed by atoms with van der Waals surface area (Å²) in [5.74, 6) is -0.674. The van der Waals surface area contributed by atoms with Gasteiger partial charge in [0.15, 0.2) is 0 Å². The molecule has 0 aromatic heterocycles. The highest BCUT2D eigenvalue weighted by atomic mass is 16.6. The second kappa shape index (κ2) is 27.7. The molecule has 7 nitrogen and oxygen atoms in total. The summed E-state index contributed by atoms with van der Waals surface area (Å²) in [6.45, 7) is 9.39. The zero-order valence-electron chi connectivity index (χ0n) is 29.1. The van der Waals surface area contributed by atoms with Crippen LogP contribution in [0, 0.1) is 5.41 Å². The van der Waals surface area contributed by atoms with Gasteiger partial charge in [-0.15, -0.1) is 0 Å². The number of rotatable bonds is 32. The summed E-state index contributed by atoms with van der Waals surface area (Å²) in [7, 11) is 0. The second-order valence-corrected chi connectivity index (χ2v) is 13.4. The highest BCUT2D eigenvalue weighted by Crippen LogP contribution is 2.26. The molecule has 1 fully saturated rings. The van der Waals surface area contributed by atoms with E-state index >= 15 is 0 Å². The Morgan fingerprint density at radius 1 is 0.455 bits per heavy atom. The molecule has 0 saturated carbocycles. The van der Waals surface area contributed by atoms with Crippen LogP contribution in [0.4, 0.5) is 0 Å². The Morgan fingerprint density at radius 3 is 1.00 bits per heavy atom. The van der Waals surface area contributed by atoms with Crippen LogP contribution in [-0.2, 0) is 28.6 Å². The SMILES string of the molecule is CCCCCCCCCC(=O)OCC(COC(=O)CCCCCCCCC)(COC(=O)CCCCCCCCC)CN1CC1. The van der Waals surface area contributed by atoms with Crippen molar-refractivity contribution in [2.45, 2.75) is 175 Å². The maximum atomic E-state index is 12.7. The number of esters is 3. The third-order valence-corrected chi connectivity index (χ3v) is 8.67. The van der Waals surface area contributed by atoms with Crippen LogP contribution in [0.5, 0.6) is 0 Å². The number of hydrogen-bond donors (Lipinski definition) is 0. The number of carbonyl (C=O) groups is 3. The van der Waals surface area contributed by atoms with E-state index in [-0.39, 0.29) is 37.7 Å². The van der Waals surface area contributed by atoms with Crippen molar-refractivity contribution in [3.05, 3.63) is 0 Å². The van der Waals surface area contributed by atoms with Gasteiger partial charge in [0.2, 0.25) is 0 Å². The minimum absolute atomic E-state index is 0.0915. The summed E-state index contributed by atoms with van der Waals surface area (Å²) in [6, 6.07) is 0. The molecule has 0 aromatic carbocycles. The van der Waals surface area contributed by atoms with E-state index in [1.54, 1.807) is 0 Å². The third kappa shape index (κ3) is 23.7. The van der Waals surface area contributed by atoms with E-state index < -0.39 is 5.41 Å². The lowest BCUT2D eigenvalue weighted by atomic mass is 9.90. The van der Waals surface area contributed by atoms with Gasteiger partial charge < -0.3 is 14.2 Å². The van der Waals surface area contributed by atoms with Crippen LogP contribution < -0.4 is 0 Å². The van der Waals surface area contributed by atoms with E-state index in [1.165, 1.54) is 77.0 Å². The predicted octanol–water partition coefficient (Wildman–Crippen LogP) is 9.34. The van der Waals surface area contributed by atoms with Crippen molar-refractivity contribution in [3.8, 4) is 0 Å². The number of carbonyl (C=O) groups excluding carboxylic acids is 3. The summed E-state index contributed by atoms with van der Waals surface area (Å²) in [5, 5.41) is 0. The zero-order chi connectivity index (χ0) is 32.1. The molecule has 1 aliphatic rings. The average molecular weight is 624 g/mol. The largest absolute Gasteiger partial charge is 0.465 e. The van der Waals surface area contributed by atoms with Gasteiger partial charge in [0.25, 0.3) is 0 Å². The Balaban J connectivity index is 2.61. The highest BCUT2D eigenvalue weighted by Gasteiger charge is 2.40. The molecular formula is C37H69NO6. The Labute approximate surface area is 270 Å². The van der Waals surface area contributed by atoms with Gasteiger partial charge in [-0.2, -0.15) is 0 Å². The van der Waals surface area contributed by atoms with Gasteiger partial charge in [0, 0.05) is 38.9 Å². The maximum Gasteiger partial charge on any atom is 0.305 e. The van der Waals surface area contributed by atoms with Crippen molar-refractivity contribution < 1.29 is 28.6 Å². The normalized spacial score (nSPS) is 13.2. The molecule has 0 bridgehead atoms. The van der Waals surface area contributed by atoms with E-state index in [4.69, 9.17) is 14.2 Å². The number of hydrogen-bond acceptors (Lipinski definition) is 7. The van der Waals surface area contributed by atoms with Gasteiger partial charge in [-0.3, -0.25) is 19.3 Å². The van der Waals surface area contributed by atoms with Crippen LogP contribution in [0.15, 0.2) is 0 Å². The van der Waals surface area contributed by atoms with E-state index in [9.17, 15) is 14.4 Å². The smallest absolute Gasteiger partial charge is 0.305 e. The first kappa shape index (κ1) is 40.4. The van der Waals surface area contributed by atoms with Crippen LogP contribution in [-0.4, -0.2) is 62.3 Å². The maximum absolute atomic E-state index is 12.7. The summed E-state index contributed by atoms with van der Waals surface area (Å²) in [4.78, 5) is 40.3. The van der Waals surface area contributed by atoms with Gasteiger partial charge in [-0.1, -0.05) is 136 Å². The lowest BCUT2D eigenvalue weighted by Gasteiger charge is -2.32. The van der Waals surface area contributed by atoms with Crippen LogP contribution in [0.25, 0.3) is 0 Å². The van der Waals surface area contributed by atoms with Crippen molar-refractivity contribution in [2.24, 2.45) is 5.41 Å². The van der Waals surface area contributed by atoms with Crippen molar-refractivity contribution in [3.63, 3.8) is 0 Å².